The van der Waals surface area contributed by atoms with Gasteiger partial charge in [-0.25, -0.2) is 4.98 Å². The first-order valence-electron chi connectivity index (χ1n) is 7.10. The highest BCUT2D eigenvalue weighted by molar-refractivity contribution is 5.00. The van der Waals surface area contributed by atoms with Gasteiger partial charge in [0.2, 0.25) is 0 Å². The van der Waals surface area contributed by atoms with Crippen LogP contribution >= 0.6 is 0 Å². The Balaban J connectivity index is 1.72. The average Bonchev–Trinajstić information content (AvgIpc) is 2.97. The van der Waals surface area contributed by atoms with E-state index in [0.29, 0.717) is 6.10 Å². The zero-order chi connectivity index (χ0) is 12.8. The summed E-state index contributed by atoms with van der Waals surface area (Å²) in [5.74, 6) is 1.74. The highest BCUT2D eigenvalue weighted by Crippen LogP contribution is 2.32. The van der Waals surface area contributed by atoms with Crippen LogP contribution in [-0.2, 0) is 11.2 Å². The number of aryl methyl sites for hydroxylation is 1. The van der Waals surface area contributed by atoms with Gasteiger partial charge < -0.3 is 14.5 Å². The van der Waals surface area contributed by atoms with Crippen LogP contribution in [0.15, 0.2) is 10.6 Å². The van der Waals surface area contributed by atoms with E-state index in [0.717, 1.165) is 50.4 Å². The van der Waals surface area contributed by atoms with Gasteiger partial charge in [0.1, 0.15) is 6.10 Å². The Labute approximate surface area is 109 Å². The molecule has 2 atom stereocenters. The molecule has 1 saturated heterocycles. The van der Waals surface area contributed by atoms with E-state index in [4.69, 9.17) is 9.15 Å². The lowest BCUT2D eigenvalue weighted by atomic mass is 10.2. The largest absolute Gasteiger partial charge is 0.443 e. The zero-order valence-electron chi connectivity index (χ0n) is 11.4. The first kappa shape index (κ1) is 13.6. The van der Waals surface area contributed by atoms with Crippen molar-refractivity contribution in [2.75, 3.05) is 13.1 Å². The Morgan fingerprint density at radius 1 is 1.39 bits per heavy atom. The molecule has 4 nitrogen and oxygen atoms in total. The van der Waals surface area contributed by atoms with E-state index < -0.39 is 0 Å². The predicted octanol–water partition coefficient (Wildman–Crippen LogP) is 2.85. The highest BCUT2D eigenvalue weighted by Gasteiger charge is 2.26. The Hall–Kier alpha value is -0.870. The van der Waals surface area contributed by atoms with Crippen molar-refractivity contribution in [2.24, 2.45) is 0 Å². The standard InChI is InChI=1S/C14H24N2O2/c1-3-8-15-9-4-5-14-16-10-13(18-14)12-7-6-11(2)17-12/h10-12,15H,3-9H2,1-2H3. The summed E-state index contributed by atoms with van der Waals surface area (Å²) in [6, 6.07) is 0. The summed E-state index contributed by atoms with van der Waals surface area (Å²) in [6.07, 6.45) is 7.62. The third kappa shape index (κ3) is 3.82. The second-order valence-electron chi connectivity index (χ2n) is 5.02. The normalized spacial score (nSPS) is 23.7. The van der Waals surface area contributed by atoms with E-state index in [2.05, 4.69) is 24.1 Å². The maximum atomic E-state index is 5.77. The number of hydrogen-bond donors (Lipinski definition) is 1. The third-order valence-corrected chi connectivity index (χ3v) is 3.29. The van der Waals surface area contributed by atoms with E-state index in [1.165, 1.54) is 6.42 Å². The van der Waals surface area contributed by atoms with Gasteiger partial charge in [0.05, 0.1) is 12.3 Å². The number of nitrogens with zero attached hydrogens (tertiary/aromatic N) is 1. The lowest BCUT2D eigenvalue weighted by Gasteiger charge is -2.06. The van der Waals surface area contributed by atoms with Crippen molar-refractivity contribution in [2.45, 2.75) is 58.2 Å². The van der Waals surface area contributed by atoms with Crippen LogP contribution in [0.1, 0.15) is 57.3 Å². The molecule has 4 heteroatoms. The number of ether oxygens (including phenoxy) is 1. The van der Waals surface area contributed by atoms with Crippen molar-refractivity contribution >= 4 is 0 Å². The molecule has 1 N–H and O–H groups in total. The molecule has 1 aromatic rings. The smallest absolute Gasteiger partial charge is 0.194 e. The van der Waals surface area contributed by atoms with Crippen LogP contribution in [-0.4, -0.2) is 24.2 Å². The lowest BCUT2D eigenvalue weighted by molar-refractivity contribution is 0.0417. The van der Waals surface area contributed by atoms with E-state index in [9.17, 15) is 0 Å². The topological polar surface area (TPSA) is 47.3 Å². The van der Waals surface area contributed by atoms with E-state index in [-0.39, 0.29) is 6.10 Å². The Morgan fingerprint density at radius 3 is 3.00 bits per heavy atom. The van der Waals surface area contributed by atoms with Gasteiger partial charge in [-0.2, -0.15) is 0 Å². The van der Waals surface area contributed by atoms with Gasteiger partial charge in [0.15, 0.2) is 11.7 Å². The van der Waals surface area contributed by atoms with Gasteiger partial charge in [0, 0.05) is 6.42 Å². The summed E-state index contributed by atoms with van der Waals surface area (Å²) in [5.41, 5.74) is 0. The second kappa shape index (κ2) is 6.90. The molecule has 0 amide bonds. The van der Waals surface area contributed by atoms with Crippen LogP contribution in [0.25, 0.3) is 0 Å². The predicted molar refractivity (Wildman–Crippen MR) is 70.5 cm³/mol. The fourth-order valence-electron chi connectivity index (χ4n) is 2.27. The highest BCUT2D eigenvalue weighted by atomic mass is 16.5. The summed E-state index contributed by atoms with van der Waals surface area (Å²) in [6.45, 7) is 6.40. The molecule has 2 unspecified atom stereocenters. The fourth-order valence-corrected chi connectivity index (χ4v) is 2.27. The monoisotopic (exact) mass is 252 g/mol. The molecule has 0 aliphatic carbocycles. The Morgan fingerprint density at radius 2 is 2.28 bits per heavy atom. The molecule has 1 fully saturated rings. The van der Waals surface area contributed by atoms with Crippen LogP contribution < -0.4 is 5.32 Å². The molecule has 0 aromatic carbocycles. The first-order chi connectivity index (χ1) is 8.79. The molecular weight excluding hydrogens is 228 g/mol. The maximum Gasteiger partial charge on any atom is 0.194 e. The Kier molecular flexibility index (Phi) is 5.20. The quantitative estimate of drug-likeness (QED) is 0.758. The summed E-state index contributed by atoms with van der Waals surface area (Å²) in [7, 11) is 0. The second-order valence-corrected chi connectivity index (χ2v) is 5.02. The first-order valence-corrected chi connectivity index (χ1v) is 7.10. The molecule has 2 heterocycles. The number of oxazole rings is 1. The minimum Gasteiger partial charge on any atom is -0.443 e. The fraction of sp³-hybridized carbons (Fsp3) is 0.786. The van der Waals surface area contributed by atoms with E-state index >= 15 is 0 Å². The van der Waals surface area contributed by atoms with Crippen molar-refractivity contribution in [1.82, 2.24) is 10.3 Å². The third-order valence-electron chi connectivity index (χ3n) is 3.29. The molecule has 0 bridgehead atoms. The van der Waals surface area contributed by atoms with Gasteiger partial charge in [-0.3, -0.25) is 0 Å². The molecule has 0 radical (unpaired) electrons. The molecule has 0 saturated carbocycles. The minimum absolute atomic E-state index is 0.125. The van der Waals surface area contributed by atoms with Gasteiger partial charge in [0.25, 0.3) is 0 Å². The van der Waals surface area contributed by atoms with Crippen LogP contribution in [0.3, 0.4) is 0 Å². The SMILES string of the molecule is CCCNCCCc1ncc(C2CCC(C)O2)o1. The van der Waals surface area contributed by atoms with E-state index in [1.54, 1.807) is 0 Å². The van der Waals surface area contributed by atoms with Crippen molar-refractivity contribution in [3.05, 3.63) is 17.8 Å². The van der Waals surface area contributed by atoms with Crippen molar-refractivity contribution in [1.29, 1.82) is 0 Å². The molecule has 1 aliphatic heterocycles. The van der Waals surface area contributed by atoms with Crippen LogP contribution in [0, 0.1) is 0 Å². The van der Waals surface area contributed by atoms with Crippen LogP contribution in [0.2, 0.25) is 0 Å². The van der Waals surface area contributed by atoms with Crippen molar-refractivity contribution < 1.29 is 9.15 Å². The summed E-state index contributed by atoms with van der Waals surface area (Å²) < 4.78 is 11.5. The zero-order valence-corrected chi connectivity index (χ0v) is 11.4. The molecule has 0 spiro atoms. The minimum atomic E-state index is 0.125. The Bertz CT molecular complexity index is 351. The molecule has 1 aliphatic rings. The number of hydrogen-bond acceptors (Lipinski definition) is 4. The number of aromatic nitrogens is 1. The van der Waals surface area contributed by atoms with Crippen LogP contribution in [0.4, 0.5) is 0 Å². The summed E-state index contributed by atoms with van der Waals surface area (Å²) >= 11 is 0. The number of rotatable bonds is 7. The van der Waals surface area contributed by atoms with Crippen molar-refractivity contribution in [3.63, 3.8) is 0 Å². The average molecular weight is 252 g/mol. The molecular formula is C14H24N2O2. The molecule has 1 aromatic heterocycles. The van der Waals surface area contributed by atoms with Crippen LogP contribution in [0.5, 0.6) is 0 Å². The maximum absolute atomic E-state index is 5.77. The van der Waals surface area contributed by atoms with Gasteiger partial charge in [-0.15, -0.1) is 0 Å². The van der Waals surface area contributed by atoms with Crippen molar-refractivity contribution in [3.8, 4) is 0 Å². The van der Waals surface area contributed by atoms with E-state index in [1.807, 2.05) is 6.20 Å². The molecule has 102 valence electrons. The molecule has 18 heavy (non-hydrogen) atoms. The summed E-state index contributed by atoms with van der Waals surface area (Å²) in [5, 5.41) is 3.38. The van der Waals surface area contributed by atoms with Gasteiger partial charge >= 0.3 is 0 Å². The molecule has 2 rings (SSSR count). The van der Waals surface area contributed by atoms with Gasteiger partial charge in [-0.1, -0.05) is 6.92 Å². The lowest BCUT2D eigenvalue weighted by Crippen LogP contribution is -2.16. The number of nitrogens with one attached hydrogen (secondary N) is 1. The summed E-state index contributed by atoms with van der Waals surface area (Å²) in [4.78, 5) is 4.33. The van der Waals surface area contributed by atoms with Gasteiger partial charge in [-0.05, 0) is 45.7 Å².